The number of aryl methyl sites for hydroxylation is 2. The van der Waals surface area contributed by atoms with Gasteiger partial charge >= 0.3 is 0 Å². The second kappa shape index (κ2) is 4.82. The number of rotatable bonds is 3. The van der Waals surface area contributed by atoms with Gasteiger partial charge in [-0.2, -0.15) is 0 Å². The van der Waals surface area contributed by atoms with Crippen molar-refractivity contribution in [1.29, 1.82) is 0 Å². The Morgan fingerprint density at radius 2 is 2.31 bits per heavy atom. The molecule has 0 unspecified atom stereocenters. The first kappa shape index (κ1) is 10.8. The van der Waals surface area contributed by atoms with E-state index in [4.69, 9.17) is 11.6 Å². The lowest BCUT2D eigenvalue weighted by atomic mass is 10.3. The molecule has 13 heavy (non-hydrogen) atoms. The van der Waals surface area contributed by atoms with Crippen LogP contribution in [0, 0.1) is 6.92 Å². The standard InChI is InChI=1S/C9H11BrClNO/c1-7-5-8(10)6-12(9(7)13)4-2-3-11/h5-6H,2-4H2,1H3. The van der Waals surface area contributed by atoms with Crippen LogP contribution in [-0.4, -0.2) is 10.4 Å². The molecule has 1 aromatic rings. The molecule has 0 aromatic carbocycles. The first-order valence-corrected chi connectivity index (χ1v) is 5.40. The van der Waals surface area contributed by atoms with Gasteiger partial charge in [-0.25, -0.2) is 0 Å². The Morgan fingerprint density at radius 3 is 2.92 bits per heavy atom. The number of alkyl halides is 1. The molecule has 0 saturated carbocycles. The summed E-state index contributed by atoms with van der Waals surface area (Å²) in [5, 5.41) is 0. The van der Waals surface area contributed by atoms with Crippen molar-refractivity contribution >= 4 is 27.5 Å². The molecule has 0 spiro atoms. The SMILES string of the molecule is Cc1cc(Br)cn(CCCCl)c1=O. The van der Waals surface area contributed by atoms with Gasteiger partial charge in [-0.3, -0.25) is 4.79 Å². The van der Waals surface area contributed by atoms with Crippen LogP contribution < -0.4 is 5.56 Å². The summed E-state index contributed by atoms with van der Waals surface area (Å²) in [4.78, 5) is 11.5. The Hall–Kier alpha value is -0.280. The van der Waals surface area contributed by atoms with Crippen molar-refractivity contribution in [1.82, 2.24) is 4.57 Å². The molecule has 0 N–H and O–H groups in total. The Bertz CT molecular complexity index is 348. The Morgan fingerprint density at radius 1 is 1.62 bits per heavy atom. The van der Waals surface area contributed by atoms with Gasteiger partial charge in [0.25, 0.3) is 5.56 Å². The molecule has 0 aliphatic carbocycles. The third kappa shape index (κ3) is 2.85. The molecular formula is C9H11BrClNO. The molecule has 1 rings (SSSR count). The highest BCUT2D eigenvalue weighted by Crippen LogP contribution is 2.08. The van der Waals surface area contributed by atoms with Gasteiger partial charge in [-0.1, -0.05) is 0 Å². The number of nitrogens with zero attached hydrogens (tertiary/aromatic N) is 1. The summed E-state index contributed by atoms with van der Waals surface area (Å²) >= 11 is 8.90. The van der Waals surface area contributed by atoms with Crippen LogP contribution in [-0.2, 0) is 6.54 Å². The average molecular weight is 265 g/mol. The summed E-state index contributed by atoms with van der Waals surface area (Å²) < 4.78 is 2.61. The summed E-state index contributed by atoms with van der Waals surface area (Å²) in [5.41, 5.74) is 0.817. The first-order valence-electron chi connectivity index (χ1n) is 4.07. The van der Waals surface area contributed by atoms with Crippen molar-refractivity contribution in [3.63, 3.8) is 0 Å². The van der Waals surface area contributed by atoms with E-state index < -0.39 is 0 Å². The van der Waals surface area contributed by atoms with Gasteiger partial charge in [0.05, 0.1) is 0 Å². The second-order valence-electron chi connectivity index (χ2n) is 2.88. The van der Waals surface area contributed by atoms with E-state index in [2.05, 4.69) is 15.9 Å². The molecule has 0 saturated heterocycles. The largest absolute Gasteiger partial charge is 0.314 e. The third-order valence-corrected chi connectivity index (χ3v) is 2.47. The lowest BCUT2D eigenvalue weighted by Crippen LogP contribution is -2.21. The fourth-order valence-electron chi connectivity index (χ4n) is 1.14. The maximum Gasteiger partial charge on any atom is 0.253 e. The molecule has 0 aliphatic rings. The Labute approximate surface area is 90.7 Å². The molecule has 1 heterocycles. The number of hydrogen-bond acceptors (Lipinski definition) is 1. The molecule has 0 radical (unpaired) electrons. The van der Waals surface area contributed by atoms with Crippen LogP contribution in [0.15, 0.2) is 21.5 Å². The normalized spacial score (nSPS) is 10.4. The lowest BCUT2D eigenvalue weighted by Gasteiger charge is -2.05. The third-order valence-electron chi connectivity index (χ3n) is 1.76. The van der Waals surface area contributed by atoms with Crippen molar-refractivity contribution in [2.45, 2.75) is 19.9 Å². The van der Waals surface area contributed by atoms with Crippen LogP contribution >= 0.6 is 27.5 Å². The summed E-state index contributed by atoms with van der Waals surface area (Å²) in [6.07, 6.45) is 2.61. The maximum absolute atomic E-state index is 11.5. The molecule has 1 aromatic heterocycles. The smallest absolute Gasteiger partial charge is 0.253 e. The molecule has 0 bridgehead atoms. The average Bonchev–Trinajstić information content (AvgIpc) is 2.09. The molecule has 0 atom stereocenters. The fraction of sp³-hybridized carbons (Fsp3) is 0.444. The van der Waals surface area contributed by atoms with Crippen molar-refractivity contribution < 1.29 is 0 Å². The number of halogens is 2. The van der Waals surface area contributed by atoms with E-state index >= 15 is 0 Å². The van der Waals surface area contributed by atoms with Crippen LogP contribution in [0.5, 0.6) is 0 Å². The monoisotopic (exact) mass is 263 g/mol. The number of aromatic nitrogens is 1. The number of hydrogen-bond donors (Lipinski definition) is 0. The molecule has 0 amide bonds. The molecule has 0 aliphatic heterocycles. The summed E-state index contributed by atoms with van der Waals surface area (Å²) in [7, 11) is 0. The predicted molar refractivity (Wildman–Crippen MR) is 58.5 cm³/mol. The molecule has 2 nitrogen and oxygen atoms in total. The van der Waals surface area contributed by atoms with Crippen LogP contribution in [0.4, 0.5) is 0 Å². The lowest BCUT2D eigenvalue weighted by molar-refractivity contribution is 0.651. The Kier molecular flexibility index (Phi) is 4.00. The van der Waals surface area contributed by atoms with E-state index in [1.54, 1.807) is 10.8 Å². The van der Waals surface area contributed by atoms with Crippen molar-refractivity contribution in [2.24, 2.45) is 0 Å². The van der Waals surface area contributed by atoms with Crippen LogP contribution in [0.2, 0.25) is 0 Å². The van der Waals surface area contributed by atoms with Crippen molar-refractivity contribution in [3.8, 4) is 0 Å². The molecule has 72 valence electrons. The van der Waals surface area contributed by atoms with Gasteiger partial charge in [-0.15, -0.1) is 11.6 Å². The summed E-state index contributed by atoms with van der Waals surface area (Å²) in [6, 6.07) is 1.82. The van der Waals surface area contributed by atoms with E-state index in [0.29, 0.717) is 12.4 Å². The van der Waals surface area contributed by atoms with Crippen LogP contribution in [0.1, 0.15) is 12.0 Å². The minimum Gasteiger partial charge on any atom is -0.314 e. The highest BCUT2D eigenvalue weighted by atomic mass is 79.9. The molecule has 0 fully saturated rings. The van der Waals surface area contributed by atoms with Gasteiger partial charge < -0.3 is 4.57 Å². The van der Waals surface area contributed by atoms with Crippen LogP contribution in [0.3, 0.4) is 0 Å². The van der Waals surface area contributed by atoms with Gasteiger partial charge in [0.1, 0.15) is 0 Å². The highest BCUT2D eigenvalue weighted by Gasteiger charge is 2.00. The van der Waals surface area contributed by atoms with E-state index in [1.165, 1.54) is 0 Å². The topological polar surface area (TPSA) is 22.0 Å². The second-order valence-corrected chi connectivity index (χ2v) is 4.18. The van der Waals surface area contributed by atoms with Gasteiger partial charge in [-0.05, 0) is 35.3 Å². The minimum atomic E-state index is 0.0633. The van der Waals surface area contributed by atoms with E-state index in [9.17, 15) is 4.79 Å². The number of pyridine rings is 1. The van der Waals surface area contributed by atoms with E-state index in [0.717, 1.165) is 16.5 Å². The minimum absolute atomic E-state index is 0.0633. The fourth-order valence-corrected chi connectivity index (χ4v) is 1.85. The maximum atomic E-state index is 11.5. The zero-order chi connectivity index (χ0) is 9.84. The quantitative estimate of drug-likeness (QED) is 0.769. The summed E-state index contributed by atoms with van der Waals surface area (Å²) in [5.74, 6) is 0.581. The van der Waals surface area contributed by atoms with Crippen molar-refractivity contribution in [2.75, 3.05) is 5.88 Å². The van der Waals surface area contributed by atoms with Gasteiger partial charge in [0.2, 0.25) is 0 Å². The Balaban J connectivity index is 2.99. The molecular weight excluding hydrogens is 253 g/mol. The van der Waals surface area contributed by atoms with Gasteiger partial charge in [0.15, 0.2) is 0 Å². The van der Waals surface area contributed by atoms with Crippen LogP contribution in [0.25, 0.3) is 0 Å². The van der Waals surface area contributed by atoms with Crippen molar-refractivity contribution in [3.05, 3.63) is 32.7 Å². The summed E-state index contributed by atoms with van der Waals surface area (Å²) in [6.45, 7) is 2.49. The highest BCUT2D eigenvalue weighted by molar-refractivity contribution is 9.10. The zero-order valence-corrected chi connectivity index (χ0v) is 9.73. The van der Waals surface area contributed by atoms with E-state index in [-0.39, 0.29) is 5.56 Å². The molecule has 4 heteroatoms. The van der Waals surface area contributed by atoms with Gasteiger partial charge in [0, 0.05) is 28.7 Å². The van der Waals surface area contributed by atoms with E-state index in [1.807, 2.05) is 13.0 Å². The first-order chi connectivity index (χ1) is 6.15. The zero-order valence-electron chi connectivity index (χ0n) is 7.39. The predicted octanol–water partition coefficient (Wildman–Crippen LogP) is 2.55.